The second-order valence-corrected chi connectivity index (χ2v) is 5.25. The molecule has 2 heterocycles. The van der Waals surface area contributed by atoms with Crippen LogP contribution >= 0.6 is 0 Å². The number of nitrogens with one attached hydrogen (secondary N) is 1. The molecule has 2 aliphatic heterocycles. The molecule has 0 aliphatic carbocycles. The highest BCUT2D eigenvalue weighted by Gasteiger charge is 2.30. The predicted molar refractivity (Wildman–Crippen MR) is 64.8 cm³/mol. The van der Waals surface area contributed by atoms with Crippen LogP contribution in [0.5, 0.6) is 0 Å². The Morgan fingerprint density at radius 2 is 2.13 bits per heavy atom. The molecule has 2 heteroatoms. The van der Waals surface area contributed by atoms with Gasteiger partial charge in [-0.05, 0) is 25.3 Å². The highest BCUT2D eigenvalue weighted by molar-refractivity contribution is 4.85. The van der Waals surface area contributed by atoms with Crippen molar-refractivity contribution in [1.82, 2.24) is 10.2 Å². The molecule has 2 fully saturated rings. The summed E-state index contributed by atoms with van der Waals surface area (Å²) in [5, 5.41) is 3.62. The third-order valence-corrected chi connectivity index (χ3v) is 4.07. The van der Waals surface area contributed by atoms with Gasteiger partial charge in [0.05, 0.1) is 6.17 Å². The van der Waals surface area contributed by atoms with Gasteiger partial charge < -0.3 is 5.32 Å². The lowest BCUT2D eigenvalue weighted by atomic mass is 9.90. The maximum Gasteiger partial charge on any atom is 0.0600 e. The van der Waals surface area contributed by atoms with Crippen LogP contribution in [-0.4, -0.2) is 30.7 Å². The Labute approximate surface area is 94.4 Å². The van der Waals surface area contributed by atoms with Gasteiger partial charge in [0, 0.05) is 13.1 Å². The molecular formula is C13H26N2. The van der Waals surface area contributed by atoms with Gasteiger partial charge in [0.2, 0.25) is 0 Å². The Bertz CT molecular complexity index is 181. The zero-order valence-electron chi connectivity index (χ0n) is 10.2. The SMILES string of the molecule is CCCCCCC1CCN2CCNC2C1. The van der Waals surface area contributed by atoms with Crippen molar-refractivity contribution < 1.29 is 0 Å². The van der Waals surface area contributed by atoms with E-state index in [0.717, 1.165) is 12.1 Å². The van der Waals surface area contributed by atoms with E-state index in [1.165, 1.54) is 64.6 Å². The lowest BCUT2D eigenvalue weighted by Gasteiger charge is -2.34. The summed E-state index contributed by atoms with van der Waals surface area (Å²) in [7, 11) is 0. The molecule has 2 unspecified atom stereocenters. The Balaban J connectivity index is 1.62. The summed E-state index contributed by atoms with van der Waals surface area (Å²) >= 11 is 0. The molecule has 15 heavy (non-hydrogen) atoms. The first-order valence-electron chi connectivity index (χ1n) is 6.87. The van der Waals surface area contributed by atoms with Gasteiger partial charge in [0.15, 0.2) is 0 Å². The number of nitrogens with zero attached hydrogens (tertiary/aromatic N) is 1. The van der Waals surface area contributed by atoms with Crippen molar-refractivity contribution in [2.24, 2.45) is 5.92 Å². The summed E-state index contributed by atoms with van der Waals surface area (Å²) in [6.45, 7) is 6.14. The van der Waals surface area contributed by atoms with E-state index in [1.54, 1.807) is 0 Å². The van der Waals surface area contributed by atoms with Crippen LogP contribution in [0.2, 0.25) is 0 Å². The second-order valence-electron chi connectivity index (χ2n) is 5.25. The molecule has 2 aliphatic rings. The van der Waals surface area contributed by atoms with Gasteiger partial charge in [-0.3, -0.25) is 4.90 Å². The van der Waals surface area contributed by atoms with Crippen LogP contribution in [0.4, 0.5) is 0 Å². The third kappa shape index (κ3) is 3.18. The van der Waals surface area contributed by atoms with Crippen molar-refractivity contribution >= 4 is 0 Å². The van der Waals surface area contributed by atoms with Crippen LogP contribution in [0, 0.1) is 5.92 Å². The number of fused-ring (bicyclic) bond motifs is 1. The molecular weight excluding hydrogens is 184 g/mol. The number of unbranched alkanes of at least 4 members (excludes halogenated alkanes) is 3. The molecule has 2 saturated heterocycles. The summed E-state index contributed by atoms with van der Waals surface area (Å²) in [5.74, 6) is 1.01. The fraction of sp³-hybridized carbons (Fsp3) is 1.00. The Morgan fingerprint density at radius 3 is 3.00 bits per heavy atom. The Hall–Kier alpha value is -0.0800. The molecule has 0 aromatic heterocycles. The first kappa shape index (κ1) is 11.4. The summed E-state index contributed by atoms with van der Waals surface area (Å²) in [4.78, 5) is 2.63. The van der Waals surface area contributed by atoms with E-state index in [4.69, 9.17) is 0 Å². The van der Waals surface area contributed by atoms with Gasteiger partial charge in [-0.25, -0.2) is 0 Å². The van der Waals surface area contributed by atoms with Crippen LogP contribution in [0.1, 0.15) is 51.9 Å². The molecule has 0 bridgehead atoms. The molecule has 0 aromatic carbocycles. The van der Waals surface area contributed by atoms with Gasteiger partial charge in [-0.1, -0.05) is 39.0 Å². The maximum atomic E-state index is 3.62. The second kappa shape index (κ2) is 5.86. The van der Waals surface area contributed by atoms with Crippen molar-refractivity contribution in [3.05, 3.63) is 0 Å². The zero-order valence-corrected chi connectivity index (χ0v) is 10.2. The fourth-order valence-corrected chi connectivity index (χ4v) is 3.06. The average Bonchev–Trinajstić information content (AvgIpc) is 2.71. The predicted octanol–water partition coefficient (Wildman–Crippen LogP) is 2.60. The topological polar surface area (TPSA) is 15.3 Å². The quantitative estimate of drug-likeness (QED) is 0.702. The monoisotopic (exact) mass is 210 g/mol. The van der Waals surface area contributed by atoms with Crippen molar-refractivity contribution in [2.75, 3.05) is 19.6 Å². The van der Waals surface area contributed by atoms with E-state index in [9.17, 15) is 0 Å². The summed E-state index contributed by atoms with van der Waals surface area (Å²) in [5.41, 5.74) is 0. The minimum atomic E-state index is 0.731. The van der Waals surface area contributed by atoms with Crippen molar-refractivity contribution in [3.63, 3.8) is 0 Å². The van der Waals surface area contributed by atoms with Crippen molar-refractivity contribution in [1.29, 1.82) is 0 Å². The fourth-order valence-electron chi connectivity index (χ4n) is 3.06. The number of piperidine rings is 1. The largest absolute Gasteiger partial charge is 0.300 e. The molecule has 0 aromatic rings. The summed E-state index contributed by atoms with van der Waals surface area (Å²) in [6, 6.07) is 0. The first-order valence-corrected chi connectivity index (χ1v) is 6.87. The average molecular weight is 210 g/mol. The molecule has 2 atom stereocenters. The van der Waals surface area contributed by atoms with Crippen LogP contribution in [0.15, 0.2) is 0 Å². The molecule has 0 saturated carbocycles. The summed E-state index contributed by atoms with van der Waals surface area (Å²) < 4.78 is 0. The van der Waals surface area contributed by atoms with Gasteiger partial charge in [0.25, 0.3) is 0 Å². The molecule has 1 N–H and O–H groups in total. The molecule has 2 nitrogen and oxygen atoms in total. The highest BCUT2D eigenvalue weighted by atomic mass is 15.3. The van der Waals surface area contributed by atoms with E-state index < -0.39 is 0 Å². The molecule has 0 radical (unpaired) electrons. The lowest BCUT2D eigenvalue weighted by molar-refractivity contribution is 0.136. The Kier molecular flexibility index (Phi) is 4.45. The smallest absolute Gasteiger partial charge is 0.0600 e. The van der Waals surface area contributed by atoms with Gasteiger partial charge in [-0.2, -0.15) is 0 Å². The number of hydrogen-bond donors (Lipinski definition) is 1. The molecule has 0 spiro atoms. The van der Waals surface area contributed by atoms with Crippen LogP contribution < -0.4 is 5.32 Å². The number of rotatable bonds is 5. The molecule has 2 rings (SSSR count). The minimum absolute atomic E-state index is 0.731. The third-order valence-electron chi connectivity index (χ3n) is 4.07. The summed E-state index contributed by atoms with van der Waals surface area (Å²) in [6.07, 6.45) is 10.8. The highest BCUT2D eigenvalue weighted by Crippen LogP contribution is 2.27. The van der Waals surface area contributed by atoms with E-state index >= 15 is 0 Å². The Morgan fingerprint density at radius 1 is 1.20 bits per heavy atom. The van der Waals surface area contributed by atoms with Gasteiger partial charge in [0.1, 0.15) is 0 Å². The zero-order chi connectivity index (χ0) is 10.5. The minimum Gasteiger partial charge on any atom is -0.300 e. The van der Waals surface area contributed by atoms with E-state index in [0.29, 0.717) is 0 Å². The number of hydrogen-bond acceptors (Lipinski definition) is 2. The molecule has 0 amide bonds. The molecule has 88 valence electrons. The van der Waals surface area contributed by atoms with E-state index in [1.807, 2.05) is 0 Å². The van der Waals surface area contributed by atoms with Gasteiger partial charge in [-0.15, -0.1) is 0 Å². The maximum absolute atomic E-state index is 3.62. The van der Waals surface area contributed by atoms with Crippen molar-refractivity contribution in [3.8, 4) is 0 Å². The van der Waals surface area contributed by atoms with Crippen LogP contribution in [0.3, 0.4) is 0 Å². The van der Waals surface area contributed by atoms with Crippen LogP contribution in [-0.2, 0) is 0 Å². The van der Waals surface area contributed by atoms with Crippen LogP contribution in [0.25, 0.3) is 0 Å². The lowest BCUT2D eigenvalue weighted by Crippen LogP contribution is -2.42. The van der Waals surface area contributed by atoms with Gasteiger partial charge >= 0.3 is 0 Å². The normalized spacial score (nSPS) is 31.8. The first-order chi connectivity index (χ1) is 7.40. The van der Waals surface area contributed by atoms with E-state index in [2.05, 4.69) is 17.1 Å². The standard InChI is InChI=1S/C13H26N2/c1-2-3-4-5-6-12-7-9-15-10-8-14-13(15)11-12/h12-14H,2-11H2,1H3. The van der Waals surface area contributed by atoms with Crippen molar-refractivity contribution in [2.45, 2.75) is 58.0 Å². The van der Waals surface area contributed by atoms with E-state index in [-0.39, 0.29) is 0 Å².